The largest absolute Gasteiger partial charge is 0.333 e. The first kappa shape index (κ1) is 24.4. The zero-order valence-electron chi connectivity index (χ0n) is 20.6. The van der Waals surface area contributed by atoms with Gasteiger partial charge in [-0.2, -0.15) is 0 Å². The molecule has 1 atom stereocenters. The van der Waals surface area contributed by atoms with Gasteiger partial charge in [-0.25, -0.2) is 4.98 Å². The standard InChI is InChI=1S/C30H33N3O2/c1-3-4-13-20-32(28(34)21-24-14-7-5-8-15-24)23(2)29-31-27-19-12-11-18-26(27)30(35)33(29)22-25-16-9-6-10-17-25/h5-12,14-19,23H,3-4,13,20-22H2,1-2H3. The number of hydrogen-bond donors (Lipinski definition) is 0. The van der Waals surface area contributed by atoms with E-state index in [2.05, 4.69) is 6.92 Å². The van der Waals surface area contributed by atoms with Gasteiger partial charge in [0.15, 0.2) is 0 Å². The lowest BCUT2D eigenvalue weighted by atomic mass is 10.1. The number of carbonyl (C=O) groups excluding carboxylic acids is 1. The summed E-state index contributed by atoms with van der Waals surface area (Å²) in [5.41, 5.74) is 2.59. The number of carbonyl (C=O) groups is 1. The van der Waals surface area contributed by atoms with E-state index in [1.807, 2.05) is 96.8 Å². The second kappa shape index (κ2) is 11.6. The van der Waals surface area contributed by atoms with E-state index < -0.39 is 0 Å². The maximum Gasteiger partial charge on any atom is 0.261 e. The number of fused-ring (bicyclic) bond motifs is 1. The third-order valence-electron chi connectivity index (χ3n) is 6.44. The Morgan fingerprint density at radius 1 is 0.886 bits per heavy atom. The molecule has 0 N–H and O–H groups in total. The van der Waals surface area contributed by atoms with E-state index in [0.717, 1.165) is 30.4 Å². The molecule has 35 heavy (non-hydrogen) atoms. The molecule has 5 heteroatoms. The van der Waals surface area contributed by atoms with Crippen LogP contribution in [-0.4, -0.2) is 26.9 Å². The van der Waals surface area contributed by atoms with Gasteiger partial charge in [0, 0.05) is 6.54 Å². The molecule has 4 aromatic rings. The van der Waals surface area contributed by atoms with E-state index in [1.165, 1.54) is 0 Å². The monoisotopic (exact) mass is 467 g/mol. The fourth-order valence-electron chi connectivity index (χ4n) is 4.50. The Hall–Kier alpha value is -3.73. The summed E-state index contributed by atoms with van der Waals surface area (Å²) >= 11 is 0. The molecule has 0 aliphatic rings. The van der Waals surface area contributed by atoms with Crippen molar-refractivity contribution < 1.29 is 4.79 Å². The summed E-state index contributed by atoms with van der Waals surface area (Å²) in [6.45, 7) is 5.19. The number of aromatic nitrogens is 2. The van der Waals surface area contributed by atoms with Crippen molar-refractivity contribution in [1.82, 2.24) is 14.5 Å². The van der Waals surface area contributed by atoms with Gasteiger partial charge in [-0.05, 0) is 36.6 Å². The van der Waals surface area contributed by atoms with Crippen molar-refractivity contribution in [3.8, 4) is 0 Å². The molecule has 0 spiro atoms. The molecular weight excluding hydrogens is 434 g/mol. The lowest BCUT2D eigenvalue weighted by Gasteiger charge is -2.31. The molecule has 0 radical (unpaired) electrons. The van der Waals surface area contributed by atoms with Gasteiger partial charge in [0.1, 0.15) is 5.82 Å². The summed E-state index contributed by atoms with van der Waals surface area (Å²) in [6.07, 6.45) is 3.36. The number of nitrogens with zero attached hydrogens (tertiary/aromatic N) is 3. The van der Waals surface area contributed by atoms with Gasteiger partial charge >= 0.3 is 0 Å². The first-order valence-electron chi connectivity index (χ1n) is 12.4. The van der Waals surface area contributed by atoms with Crippen LogP contribution in [0.1, 0.15) is 56.1 Å². The van der Waals surface area contributed by atoms with E-state index in [0.29, 0.717) is 36.2 Å². The van der Waals surface area contributed by atoms with Gasteiger partial charge in [-0.1, -0.05) is 92.6 Å². The average Bonchev–Trinajstić information content (AvgIpc) is 2.89. The maximum absolute atomic E-state index is 13.6. The highest BCUT2D eigenvalue weighted by atomic mass is 16.2. The van der Waals surface area contributed by atoms with Crippen molar-refractivity contribution in [2.45, 2.75) is 52.1 Å². The topological polar surface area (TPSA) is 55.2 Å². The van der Waals surface area contributed by atoms with Crippen molar-refractivity contribution in [2.24, 2.45) is 0 Å². The molecule has 0 aliphatic carbocycles. The highest BCUT2D eigenvalue weighted by molar-refractivity contribution is 5.80. The van der Waals surface area contributed by atoms with Crippen LogP contribution in [0.15, 0.2) is 89.7 Å². The van der Waals surface area contributed by atoms with Gasteiger partial charge in [0.05, 0.1) is 29.9 Å². The van der Waals surface area contributed by atoms with Crippen LogP contribution in [0.25, 0.3) is 10.9 Å². The highest BCUT2D eigenvalue weighted by Crippen LogP contribution is 2.23. The van der Waals surface area contributed by atoms with E-state index in [4.69, 9.17) is 4.98 Å². The molecule has 0 bridgehead atoms. The third-order valence-corrected chi connectivity index (χ3v) is 6.44. The quantitative estimate of drug-likeness (QED) is 0.278. The number of para-hydroxylation sites is 1. The smallest absolute Gasteiger partial charge is 0.261 e. The fourth-order valence-corrected chi connectivity index (χ4v) is 4.50. The van der Waals surface area contributed by atoms with Crippen LogP contribution < -0.4 is 5.56 Å². The molecule has 5 nitrogen and oxygen atoms in total. The van der Waals surface area contributed by atoms with Crippen molar-refractivity contribution in [3.63, 3.8) is 0 Å². The second-order valence-corrected chi connectivity index (χ2v) is 9.00. The highest BCUT2D eigenvalue weighted by Gasteiger charge is 2.26. The zero-order chi connectivity index (χ0) is 24.6. The van der Waals surface area contributed by atoms with Crippen LogP contribution >= 0.6 is 0 Å². The predicted molar refractivity (Wildman–Crippen MR) is 141 cm³/mol. The number of amides is 1. The fraction of sp³-hybridized carbons (Fsp3) is 0.300. The number of unbranched alkanes of at least 4 members (excludes halogenated alkanes) is 2. The molecule has 1 amide bonds. The molecule has 1 unspecified atom stereocenters. The third kappa shape index (κ3) is 5.86. The van der Waals surface area contributed by atoms with Gasteiger partial charge in [0.25, 0.3) is 5.56 Å². The van der Waals surface area contributed by atoms with Gasteiger partial charge < -0.3 is 4.90 Å². The van der Waals surface area contributed by atoms with Crippen molar-refractivity contribution in [3.05, 3.63) is 112 Å². The van der Waals surface area contributed by atoms with Crippen LogP contribution in [0.4, 0.5) is 0 Å². The molecule has 1 aromatic heterocycles. The normalized spacial score (nSPS) is 11.9. The molecule has 0 fully saturated rings. The SMILES string of the molecule is CCCCCN(C(=O)Cc1ccccc1)C(C)c1nc2ccccc2c(=O)n1Cc1ccccc1. The van der Waals surface area contributed by atoms with Crippen molar-refractivity contribution in [2.75, 3.05) is 6.54 Å². The maximum atomic E-state index is 13.6. The number of rotatable bonds is 10. The van der Waals surface area contributed by atoms with Gasteiger partial charge in [-0.15, -0.1) is 0 Å². The van der Waals surface area contributed by atoms with Gasteiger partial charge in [0.2, 0.25) is 5.91 Å². The van der Waals surface area contributed by atoms with Gasteiger partial charge in [-0.3, -0.25) is 14.2 Å². The number of benzene rings is 3. The molecule has 180 valence electrons. The first-order chi connectivity index (χ1) is 17.1. The Balaban J connectivity index is 1.76. The molecule has 3 aromatic carbocycles. The van der Waals surface area contributed by atoms with Crippen molar-refractivity contribution in [1.29, 1.82) is 0 Å². The summed E-state index contributed by atoms with van der Waals surface area (Å²) in [4.78, 5) is 34.0. The van der Waals surface area contributed by atoms with E-state index in [1.54, 1.807) is 4.57 Å². The summed E-state index contributed by atoms with van der Waals surface area (Å²) in [5, 5.41) is 0.590. The molecule has 0 saturated carbocycles. The zero-order valence-corrected chi connectivity index (χ0v) is 20.6. The predicted octanol–water partition coefficient (Wildman–Crippen LogP) is 5.77. The molecule has 4 rings (SSSR count). The number of hydrogen-bond acceptors (Lipinski definition) is 3. The Morgan fingerprint density at radius 3 is 2.20 bits per heavy atom. The van der Waals surface area contributed by atoms with Crippen LogP contribution in [0.3, 0.4) is 0 Å². The second-order valence-electron chi connectivity index (χ2n) is 9.00. The van der Waals surface area contributed by atoms with E-state index in [-0.39, 0.29) is 17.5 Å². The summed E-state index contributed by atoms with van der Waals surface area (Å²) in [7, 11) is 0. The Kier molecular flexibility index (Phi) is 8.09. The minimum atomic E-state index is -0.343. The molecule has 0 saturated heterocycles. The van der Waals surface area contributed by atoms with E-state index in [9.17, 15) is 9.59 Å². The average molecular weight is 468 g/mol. The first-order valence-corrected chi connectivity index (χ1v) is 12.4. The van der Waals surface area contributed by atoms with Crippen LogP contribution in [-0.2, 0) is 17.8 Å². The summed E-state index contributed by atoms with van der Waals surface area (Å²) < 4.78 is 1.74. The minimum Gasteiger partial charge on any atom is -0.333 e. The Bertz CT molecular complexity index is 1320. The van der Waals surface area contributed by atoms with E-state index >= 15 is 0 Å². The lowest BCUT2D eigenvalue weighted by Crippen LogP contribution is -2.39. The lowest BCUT2D eigenvalue weighted by molar-refractivity contribution is -0.133. The molecule has 0 aliphatic heterocycles. The van der Waals surface area contributed by atoms with Crippen LogP contribution in [0.2, 0.25) is 0 Å². The van der Waals surface area contributed by atoms with Crippen LogP contribution in [0.5, 0.6) is 0 Å². The molecule has 1 heterocycles. The van der Waals surface area contributed by atoms with Crippen molar-refractivity contribution >= 4 is 16.8 Å². The Labute approximate surface area is 207 Å². The molecular formula is C30H33N3O2. The Morgan fingerprint density at radius 2 is 1.51 bits per heavy atom. The van der Waals surface area contributed by atoms with Crippen LogP contribution in [0, 0.1) is 0 Å². The summed E-state index contributed by atoms with van der Waals surface area (Å²) in [5.74, 6) is 0.670. The minimum absolute atomic E-state index is 0.0495. The summed E-state index contributed by atoms with van der Waals surface area (Å²) in [6, 6.07) is 26.8.